The summed E-state index contributed by atoms with van der Waals surface area (Å²) >= 11 is 6.05. The van der Waals surface area contributed by atoms with Crippen molar-refractivity contribution in [3.8, 4) is 5.75 Å². The van der Waals surface area contributed by atoms with Gasteiger partial charge < -0.3 is 15.4 Å². The van der Waals surface area contributed by atoms with Gasteiger partial charge in [0.1, 0.15) is 5.75 Å². The van der Waals surface area contributed by atoms with Crippen LogP contribution in [0, 0.1) is 0 Å². The Morgan fingerprint density at radius 1 is 1.47 bits per heavy atom. The highest BCUT2D eigenvalue weighted by Gasteiger charge is 2.08. The largest absolute Gasteiger partial charge is 0.496 e. The molecule has 17 heavy (non-hydrogen) atoms. The Balaban J connectivity index is 2.59. The average Bonchev–Trinajstić information content (AvgIpc) is 2.34. The van der Waals surface area contributed by atoms with Gasteiger partial charge in [-0.05, 0) is 18.7 Å². The van der Waals surface area contributed by atoms with E-state index >= 15 is 0 Å². The molecule has 0 fully saturated rings. The van der Waals surface area contributed by atoms with E-state index in [1.807, 2.05) is 19.1 Å². The molecule has 0 aliphatic rings. The monoisotopic (exact) mass is 256 g/mol. The first kappa shape index (κ1) is 13.8. The fourth-order valence-electron chi connectivity index (χ4n) is 1.39. The summed E-state index contributed by atoms with van der Waals surface area (Å²) in [5.41, 5.74) is 0.793. The number of likely N-dealkylation sites (N-methyl/N-ethyl adjacent to an activating group) is 1. The van der Waals surface area contributed by atoms with E-state index in [0.29, 0.717) is 23.9 Å². The highest BCUT2D eigenvalue weighted by atomic mass is 35.5. The van der Waals surface area contributed by atoms with Gasteiger partial charge in [0.15, 0.2) is 0 Å². The van der Waals surface area contributed by atoms with Gasteiger partial charge in [-0.15, -0.1) is 0 Å². The van der Waals surface area contributed by atoms with Crippen molar-refractivity contribution < 1.29 is 9.53 Å². The summed E-state index contributed by atoms with van der Waals surface area (Å²) in [5, 5.41) is 6.33. The molecule has 0 aromatic heterocycles. The number of methoxy groups -OCH3 is 1. The number of hydrogen-bond donors (Lipinski definition) is 2. The van der Waals surface area contributed by atoms with Crippen LogP contribution in [0.15, 0.2) is 18.2 Å². The minimum Gasteiger partial charge on any atom is -0.496 e. The van der Waals surface area contributed by atoms with Gasteiger partial charge >= 0.3 is 0 Å². The highest BCUT2D eigenvalue weighted by Crippen LogP contribution is 2.25. The van der Waals surface area contributed by atoms with Gasteiger partial charge in [-0.2, -0.15) is 0 Å². The second-order valence-corrected chi connectivity index (χ2v) is 3.88. The van der Waals surface area contributed by atoms with Crippen molar-refractivity contribution >= 4 is 17.5 Å². The summed E-state index contributed by atoms with van der Waals surface area (Å²) in [4.78, 5) is 11.4. The maximum Gasteiger partial charge on any atom is 0.234 e. The van der Waals surface area contributed by atoms with Gasteiger partial charge in [-0.3, -0.25) is 4.79 Å². The van der Waals surface area contributed by atoms with Crippen molar-refractivity contribution in [1.29, 1.82) is 0 Å². The van der Waals surface area contributed by atoms with Crippen LogP contribution in [0.2, 0.25) is 5.02 Å². The molecule has 1 rings (SSSR count). The van der Waals surface area contributed by atoms with E-state index < -0.39 is 0 Å². The van der Waals surface area contributed by atoms with Crippen LogP contribution in [0.1, 0.15) is 12.5 Å². The Kier molecular flexibility index (Phi) is 5.80. The number of nitrogens with one attached hydrogen (secondary N) is 2. The molecule has 0 aliphatic carbocycles. The van der Waals surface area contributed by atoms with Crippen molar-refractivity contribution in [1.82, 2.24) is 10.6 Å². The standard InChI is InChI=1S/C12H17ClN2O2/c1-3-14-8-12(16)15-7-9-10(13)5-4-6-11(9)17-2/h4-6,14H,3,7-8H2,1-2H3,(H,15,16). The maximum absolute atomic E-state index is 11.4. The van der Waals surface area contributed by atoms with E-state index in [1.54, 1.807) is 13.2 Å². The molecule has 0 atom stereocenters. The zero-order chi connectivity index (χ0) is 12.7. The van der Waals surface area contributed by atoms with Crippen molar-refractivity contribution in [2.45, 2.75) is 13.5 Å². The molecule has 1 aromatic rings. The van der Waals surface area contributed by atoms with Crippen LogP contribution in [0.3, 0.4) is 0 Å². The van der Waals surface area contributed by atoms with E-state index in [1.165, 1.54) is 0 Å². The Morgan fingerprint density at radius 2 is 2.24 bits per heavy atom. The van der Waals surface area contributed by atoms with Gasteiger partial charge in [-0.1, -0.05) is 24.6 Å². The summed E-state index contributed by atoms with van der Waals surface area (Å²) in [6, 6.07) is 5.40. The summed E-state index contributed by atoms with van der Waals surface area (Å²) in [5.74, 6) is 0.620. The van der Waals surface area contributed by atoms with E-state index in [-0.39, 0.29) is 5.91 Å². The number of hydrogen-bond acceptors (Lipinski definition) is 3. The Bertz CT molecular complexity index is 383. The molecule has 0 aliphatic heterocycles. The lowest BCUT2D eigenvalue weighted by Gasteiger charge is -2.11. The number of carbonyl (C=O) groups is 1. The van der Waals surface area contributed by atoms with Crippen LogP contribution < -0.4 is 15.4 Å². The van der Waals surface area contributed by atoms with Crippen LogP contribution in [-0.2, 0) is 11.3 Å². The van der Waals surface area contributed by atoms with Crippen LogP contribution in [0.5, 0.6) is 5.75 Å². The van der Waals surface area contributed by atoms with Gasteiger partial charge in [0.25, 0.3) is 0 Å². The SMILES string of the molecule is CCNCC(=O)NCc1c(Cl)cccc1OC. The number of amides is 1. The minimum atomic E-state index is -0.0613. The topological polar surface area (TPSA) is 50.4 Å². The summed E-state index contributed by atoms with van der Waals surface area (Å²) in [6.07, 6.45) is 0. The zero-order valence-electron chi connectivity index (χ0n) is 10.0. The molecule has 0 heterocycles. The first-order valence-electron chi connectivity index (χ1n) is 5.47. The zero-order valence-corrected chi connectivity index (χ0v) is 10.8. The highest BCUT2D eigenvalue weighted by molar-refractivity contribution is 6.31. The molecule has 4 nitrogen and oxygen atoms in total. The molecule has 94 valence electrons. The average molecular weight is 257 g/mol. The van der Waals surface area contributed by atoms with Crippen molar-refractivity contribution in [2.24, 2.45) is 0 Å². The molecule has 1 amide bonds. The van der Waals surface area contributed by atoms with Crippen molar-refractivity contribution in [2.75, 3.05) is 20.2 Å². The smallest absolute Gasteiger partial charge is 0.234 e. The van der Waals surface area contributed by atoms with Crippen LogP contribution in [0.4, 0.5) is 0 Å². The molecule has 1 aromatic carbocycles. The molecule has 0 bridgehead atoms. The third-order valence-corrected chi connectivity index (χ3v) is 2.65. The van der Waals surface area contributed by atoms with Gasteiger partial charge in [0.05, 0.1) is 13.7 Å². The van der Waals surface area contributed by atoms with E-state index in [4.69, 9.17) is 16.3 Å². The van der Waals surface area contributed by atoms with E-state index in [2.05, 4.69) is 10.6 Å². The molecular formula is C12H17ClN2O2. The summed E-state index contributed by atoms with van der Waals surface area (Å²) in [7, 11) is 1.58. The summed E-state index contributed by atoms with van der Waals surface area (Å²) in [6.45, 7) is 3.39. The lowest BCUT2D eigenvalue weighted by Crippen LogP contribution is -2.33. The third kappa shape index (κ3) is 4.24. The van der Waals surface area contributed by atoms with Crippen molar-refractivity contribution in [3.05, 3.63) is 28.8 Å². The van der Waals surface area contributed by atoms with Gasteiger partial charge in [0.2, 0.25) is 5.91 Å². The van der Waals surface area contributed by atoms with Crippen molar-refractivity contribution in [3.63, 3.8) is 0 Å². The third-order valence-electron chi connectivity index (χ3n) is 2.29. The lowest BCUT2D eigenvalue weighted by molar-refractivity contribution is -0.120. The number of benzene rings is 1. The number of carbonyl (C=O) groups excluding carboxylic acids is 1. The Hall–Kier alpha value is -1.26. The van der Waals surface area contributed by atoms with Crippen LogP contribution in [0.25, 0.3) is 0 Å². The van der Waals surface area contributed by atoms with E-state index in [9.17, 15) is 4.79 Å². The number of halogens is 1. The van der Waals surface area contributed by atoms with Gasteiger partial charge in [0, 0.05) is 17.1 Å². The molecule has 2 N–H and O–H groups in total. The second kappa shape index (κ2) is 7.14. The molecule has 0 spiro atoms. The second-order valence-electron chi connectivity index (χ2n) is 3.48. The normalized spacial score (nSPS) is 10.1. The fraction of sp³-hybridized carbons (Fsp3) is 0.417. The predicted octanol–water partition coefficient (Wildman–Crippen LogP) is 1.57. The molecule has 0 saturated heterocycles. The molecule has 0 radical (unpaired) electrons. The first-order chi connectivity index (χ1) is 8.19. The minimum absolute atomic E-state index is 0.0613. The molecule has 5 heteroatoms. The predicted molar refractivity (Wildman–Crippen MR) is 68.4 cm³/mol. The summed E-state index contributed by atoms with van der Waals surface area (Å²) < 4.78 is 5.19. The Labute approximate surface area is 106 Å². The van der Waals surface area contributed by atoms with Crippen LogP contribution in [-0.4, -0.2) is 26.1 Å². The molecule has 0 saturated carbocycles. The first-order valence-corrected chi connectivity index (χ1v) is 5.85. The number of ether oxygens (including phenoxy) is 1. The molecular weight excluding hydrogens is 240 g/mol. The number of rotatable bonds is 6. The fourth-order valence-corrected chi connectivity index (χ4v) is 1.62. The van der Waals surface area contributed by atoms with Crippen LogP contribution >= 0.6 is 11.6 Å². The molecule has 0 unspecified atom stereocenters. The lowest BCUT2D eigenvalue weighted by atomic mass is 10.2. The maximum atomic E-state index is 11.4. The quantitative estimate of drug-likeness (QED) is 0.813. The Morgan fingerprint density at radius 3 is 2.88 bits per heavy atom. The van der Waals surface area contributed by atoms with E-state index in [0.717, 1.165) is 12.1 Å². The van der Waals surface area contributed by atoms with Gasteiger partial charge in [-0.25, -0.2) is 0 Å².